The number of hydrogen-bond acceptors (Lipinski definition) is 2. The van der Waals surface area contributed by atoms with E-state index in [9.17, 15) is 4.79 Å². The van der Waals surface area contributed by atoms with Gasteiger partial charge in [-0.25, -0.2) is 4.79 Å². The molecule has 0 aliphatic carbocycles. The van der Waals surface area contributed by atoms with Crippen molar-refractivity contribution in [3.63, 3.8) is 0 Å². The zero-order valence-corrected chi connectivity index (χ0v) is 15.2. The minimum absolute atomic E-state index is 0.255. The number of benzene rings is 2. The van der Waals surface area contributed by atoms with Crippen LogP contribution >= 0.6 is 15.9 Å². The lowest BCUT2D eigenvalue weighted by atomic mass is 9.98. The molecular formula is C20H18BrNO2. The first-order valence-electron chi connectivity index (χ1n) is 8.12. The lowest BCUT2D eigenvalue weighted by Crippen LogP contribution is -2.13. The van der Waals surface area contributed by atoms with Gasteiger partial charge in [0.2, 0.25) is 0 Å². The van der Waals surface area contributed by atoms with Crippen molar-refractivity contribution in [2.24, 2.45) is 0 Å². The molecule has 3 aromatic rings. The van der Waals surface area contributed by atoms with Gasteiger partial charge in [-0.05, 0) is 41.3 Å². The Labute approximate surface area is 149 Å². The maximum atomic E-state index is 12.6. The monoisotopic (exact) mass is 383 g/mol. The molecule has 1 aliphatic heterocycles. The zero-order chi connectivity index (χ0) is 16.8. The van der Waals surface area contributed by atoms with Gasteiger partial charge in [-0.15, -0.1) is 0 Å². The van der Waals surface area contributed by atoms with Gasteiger partial charge in [-0.3, -0.25) is 0 Å². The van der Waals surface area contributed by atoms with Gasteiger partial charge in [0.05, 0.1) is 17.6 Å². The van der Waals surface area contributed by atoms with Crippen LogP contribution in [0.15, 0.2) is 53.1 Å². The van der Waals surface area contributed by atoms with E-state index in [-0.39, 0.29) is 12.1 Å². The second kappa shape index (κ2) is 5.78. The highest BCUT2D eigenvalue weighted by Crippen LogP contribution is 2.33. The second-order valence-electron chi connectivity index (χ2n) is 6.58. The van der Waals surface area contributed by atoms with Crippen molar-refractivity contribution in [3.8, 4) is 0 Å². The fourth-order valence-corrected chi connectivity index (χ4v) is 3.84. The molecule has 0 N–H and O–H groups in total. The fourth-order valence-electron chi connectivity index (χ4n) is 3.32. The Morgan fingerprint density at radius 1 is 1.21 bits per heavy atom. The Kier molecular flexibility index (Phi) is 3.72. The quantitative estimate of drug-likeness (QED) is 0.551. The van der Waals surface area contributed by atoms with Crippen molar-refractivity contribution in [2.45, 2.75) is 32.4 Å². The maximum Gasteiger partial charge on any atom is 0.340 e. The highest BCUT2D eigenvalue weighted by Gasteiger charge is 2.26. The molecule has 2 heterocycles. The van der Waals surface area contributed by atoms with Gasteiger partial charge in [-0.2, -0.15) is 0 Å². The van der Waals surface area contributed by atoms with Gasteiger partial charge in [0.25, 0.3) is 0 Å². The summed E-state index contributed by atoms with van der Waals surface area (Å²) in [6, 6.07) is 14.1. The average molecular weight is 384 g/mol. The van der Waals surface area contributed by atoms with Gasteiger partial charge in [0.15, 0.2) is 0 Å². The van der Waals surface area contributed by atoms with E-state index in [1.807, 2.05) is 30.5 Å². The molecular weight excluding hydrogens is 366 g/mol. The normalized spacial score (nSPS) is 17.2. The Hall–Kier alpha value is -2.07. The number of ether oxygens (including phenoxy) is 1. The third-order valence-corrected chi connectivity index (χ3v) is 5.06. The molecule has 4 heteroatoms. The Balaban J connectivity index is 1.81. The summed E-state index contributed by atoms with van der Waals surface area (Å²) in [5.74, 6) is 0.160. The summed E-state index contributed by atoms with van der Waals surface area (Å²) in [6.07, 6.45) is 1.74. The van der Waals surface area contributed by atoms with Crippen LogP contribution in [0.2, 0.25) is 0 Å². The van der Waals surface area contributed by atoms with Crippen molar-refractivity contribution in [1.29, 1.82) is 0 Å². The van der Waals surface area contributed by atoms with Crippen molar-refractivity contribution in [2.75, 3.05) is 0 Å². The van der Waals surface area contributed by atoms with Crippen molar-refractivity contribution < 1.29 is 9.53 Å². The number of carbonyl (C=O) groups excluding carboxylic acids is 1. The molecule has 4 rings (SSSR count). The molecule has 0 spiro atoms. The number of nitrogens with zero attached hydrogens (tertiary/aromatic N) is 1. The van der Waals surface area contributed by atoms with Crippen molar-refractivity contribution in [3.05, 3.63) is 69.8 Å². The van der Waals surface area contributed by atoms with Crippen LogP contribution in [0.25, 0.3) is 10.9 Å². The molecule has 0 amide bonds. The highest BCUT2D eigenvalue weighted by molar-refractivity contribution is 9.10. The maximum absolute atomic E-state index is 12.6. The summed E-state index contributed by atoms with van der Waals surface area (Å²) in [4.78, 5) is 12.6. The largest absolute Gasteiger partial charge is 0.452 e. The second-order valence-corrected chi connectivity index (χ2v) is 7.49. The Morgan fingerprint density at radius 2 is 2.04 bits per heavy atom. The molecule has 0 bridgehead atoms. The average Bonchev–Trinajstić information content (AvgIpc) is 2.89. The zero-order valence-electron chi connectivity index (χ0n) is 13.6. The molecule has 0 saturated heterocycles. The molecule has 1 atom stereocenters. The van der Waals surface area contributed by atoms with Gasteiger partial charge in [0, 0.05) is 16.1 Å². The summed E-state index contributed by atoms with van der Waals surface area (Å²) >= 11 is 3.59. The first-order valence-corrected chi connectivity index (χ1v) is 8.91. The first-order chi connectivity index (χ1) is 11.5. The molecule has 2 aromatic carbocycles. The van der Waals surface area contributed by atoms with E-state index >= 15 is 0 Å². The predicted molar refractivity (Wildman–Crippen MR) is 98.3 cm³/mol. The standard InChI is InChI=1S/C20H18BrNO2/c1-12(2)14-8-15(10-16(21)9-14)18-11-22-7-6-13-4-3-5-17(19(13)22)20(23)24-18/h3-10,12,18H,11H2,1-2H3/t18-/m1/s1. The minimum atomic E-state index is -0.296. The SMILES string of the molecule is CC(C)c1cc(Br)cc([C@H]2Cn3ccc4cccc(c43)C(=O)O2)c1. The molecule has 0 fully saturated rings. The number of hydrogen-bond donors (Lipinski definition) is 0. The molecule has 0 unspecified atom stereocenters. The van der Waals surface area contributed by atoms with Crippen molar-refractivity contribution in [1.82, 2.24) is 4.57 Å². The number of esters is 1. The number of aromatic nitrogens is 1. The molecule has 122 valence electrons. The number of para-hydroxylation sites is 1. The van der Waals surface area contributed by atoms with Crippen LogP contribution in [-0.2, 0) is 11.3 Å². The van der Waals surface area contributed by atoms with Crippen LogP contribution in [0, 0.1) is 0 Å². The van der Waals surface area contributed by atoms with Crippen LogP contribution in [0.4, 0.5) is 0 Å². The van der Waals surface area contributed by atoms with Gasteiger partial charge < -0.3 is 9.30 Å². The summed E-state index contributed by atoms with van der Waals surface area (Å²) < 4.78 is 8.97. The van der Waals surface area contributed by atoms with E-state index < -0.39 is 0 Å². The lowest BCUT2D eigenvalue weighted by molar-refractivity contribution is 0.0277. The third kappa shape index (κ3) is 2.55. The third-order valence-electron chi connectivity index (χ3n) is 4.60. The van der Waals surface area contributed by atoms with Crippen LogP contribution in [0.5, 0.6) is 0 Å². The van der Waals surface area contributed by atoms with Crippen molar-refractivity contribution >= 4 is 32.8 Å². The summed E-state index contributed by atoms with van der Waals surface area (Å²) in [5.41, 5.74) is 3.86. The van der Waals surface area contributed by atoms with Crippen LogP contribution in [-0.4, -0.2) is 10.5 Å². The topological polar surface area (TPSA) is 31.2 Å². The number of carbonyl (C=O) groups is 1. The van der Waals surface area contributed by atoms with E-state index in [0.717, 1.165) is 20.9 Å². The van der Waals surface area contributed by atoms with Crippen LogP contribution < -0.4 is 0 Å². The Bertz CT molecular complexity index is 942. The number of cyclic esters (lactones) is 1. The van der Waals surface area contributed by atoms with Crippen LogP contribution in [0.3, 0.4) is 0 Å². The van der Waals surface area contributed by atoms with E-state index in [1.54, 1.807) is 0 Å². The highest BCUT2D eigenvalue weighted by atomic mass is 79.9. The summed E-state index contributed by atoms with van der Waals surface area (Å²) in [7, 11) is 0. The number of halogens is 1. The predicted octanol–water partition coefficient (Wildman–Crippen LogP) is 5.44. The lowest BCUT2D eigenvalue weighted by Gasteiger charge is -2.19. The summed E-state index contributed by atoms with van der Waals surface area (Å²) in [6.45, 7) is 4.95. The molecule has 24 heavy (non-hydrogen) atoms. The first kappa shape index (κ1) is 15.5. The minimum Gasteiger partial charge on any atom is -0.452 e. The fraction of sp³-hybridized carbons (Fsp3) is 0.250. The van der Waals surface area contributed by atoms with E-state index in [1.165, 1.54) is 5.56 Å². The molecule has 0 radical (unpaired) electrons. The van der Waals surface area contributed by atoms with E-state index in [4.69, 9.17) is 4.74 Å². The summed E-state index contributed by atoms with van der Waals surface area (Å²) in [5, 5.41) is 1.07. The smallest absolute Gasteiger partial charge is 0.340 e. The molecule has 0 saturated carbocycles. The van der Waals surface area contributed by atoms with Gasteiger partial charge in [-0.1, -0.05) is 48.0 Å². The number of rotatable bonds is 2. The molecule has 1 aromatic heterocycles. The van der Waals surface area contributed by atoms with Gasteiger partial charge >= 0.3 is 5.97 Å². The molecule has 1 aliphatic rings. The molecule has 3 nitrogen and oxygen atoms in total. The Morgan fingerprint density at radius 3 is 2.83 bits per heavy atom. The van der Waals surface area contributed by atoms with Crippen LogP contribution in [0.1, 0.15) is 47.4 Å². The van der Waals surface area contributed by atoms with E-state index in [0.29, 0.717) is 18.0 Å². The van der Waals surface area contributed by atoms with E-state index in [2.05, 4.69) is 52.5 Å². The van der Waals surface area contributed by atoms with Gasteiger partial charge in [0.1, 0.15) is 6.10 Å².